The summed E-state index contributed by atoms with van der Waals surface area (Å²) in [6, 6.07) is 20.6. The first kappa shape index (κ1) is 30.2. The number of imidazole rings is 1. The third kappa shape index (κ3) is 6.47. The first-order valence-corrected chi connectivity index (χ1v) is 14.8. The molecular weight excluding hydrogens is 594 g/mol. The van der Waals surface area contributed by atoms with Gasteiger partial charge in [-0.15, -0.1) is 5.10 Å². The van der Waals surface area contributed by atoms with E-state index < -0.39 is 24.8 Å². The highest BCUT2D eigenvalue weighted by molar-refractivity contribution is 6.02. The number of carbonyl (C=O) groups is 2. The van der Waals surface area contributed by atoms with E-state index in [9.17, 15) is 14.7 Å². The van der Waals surface area contributed by atoms with Gasteiger partial charge >= 0.3 is 11.9 Å². The number of carbonyl (C=O) groups excluding carboxylic acids is 1. The van der Waals surface area contributed by atoms with Gasteiger partial charge in [0, 0.05) is 17.4 Å². The number of fused-ring (bicyclic) bond motifs is 1. The largest absolute Gasteiger partial charge is 0.480 e. The minimum absolute atomic E-state index is 0.268. The zero-order valence-electron chi connectivity index (χ0n) is 24.9. The predicted molar refractivity (Wildman–Crippen MR) is 163 cm³/mol. The highest BCUT2D eigenvalue weighted by atomic mass is 16.8. The third-order valence-corrected chi connectivity index (χ3v) is 7.57. The van der Waals surface area contributed by atoms with E-state index in [4.69, 9.17) is 14.3 Å². The van der Waals surface area contributed by atoms with Gasteiger partial charge in [0.25, 0.3) is 12.8 Å². The molecular formula is C31H31N9O6. The number of rotatable bonds is 12. The van der Waals surface area contributed by atoms with Crippen LogP contribution in [0.1, 0.15) is 42.1 Å². The summed E-state index contributed by atoms with van der Waals surface area (Å²) in [5.74, 6) is -1.05. The Morgan fingerprint density at radius 1 is 1.04 bits per heavy atom. The van der Waals surface area contributed by atoms with Crippen LogP contribution in [0, 0.1) is 0 Å². The second-order valence-corrected chi connectivity index (χ2v) is 10.4. The molecule has 236 valence electrons. The summed E-state index contributed by atoms with van der Waals surface area (Å²) < 4.78 is 13.0. The number of hydrogen-bond donors (Lipinski definition) is 2. The summed E-state index contributed by atoms with van der Waals surface area (Å²) >= 11 is 0. The molecule has 15 nitrogen and oxygen atoms in total. The van der Waals surface area contributed by atoms with E-state index in [1.165, 1.54) is 5.01 Å². The van der Waals surface area contributed by atoms with Gasteiger partial charge in [0.2, 0.25) is 0 Å². The van der Waals surface area contributed by atoms with Crippen molar-refractivity contribution in [3.05, 3.63) is 77.9 Å². The van der Waals surface area contributed by atoms with Crippen LogP contribution in [-0.2, 0) is 20.9 Å². The van der Waals surface area contributed by atoms with Crippen molar-refractivity contribution in [2.75, 3.05) is 19.9 Å². The number of aliphatic carboxylic acids is 1. The van der Waals surface area contributed by atoms with Crippen molar-refractivity contribution in [1.82, 2.24) is 35.2 Å². The lowest BCUT2D eigenvalue weighted by molar-refractivity contribution is -0.145. The lowest BCUT2D eigenvalue weighted by Crippen LogP contribution is -2.41. The number of tetrazole rings is 1. The summed E-state index contributed by atoms with van der Waals surface area (Å²) in [6.07, 6.45) is 2.08. The maximum absolute atomic E-state index is 13.2. The topological polar surface area (TPSA) is 182 Å². The fourth-order valence-electron chi connectivity index (χ4n) is 5.43. The van der Waals surface area contributed by atoms with Gasteiger partial charge in [-0.2, -0.15) is 4.98 Å². The molecule has 0 aliphatic carbocycles. The van der Waals surface area contributed by atoms with E-state index in [-0.39, 0.29) is 5.56 Å². The van der Waals surface area contributed by atoms with Crippen LogP contribution in [0.25, 0.3) is 33.5 Å². The molecule has 0 radical (unpaired) electrons. The van der Waals surface area contributed by atoms with Crippen molar-refractivity contribution >= 4 is 23.0 Å². The van der Waals surface area contributed by atoms with Gasteiger partial charge in [0.05, 0.1) is 29.7 Å². The summed E-state index contributed by atoms with van der Waals surface area (Å²) in [4.78, 5) is 34.3. The average molecular weight is 626 g/mol. The van der Waals surface area contributed by atoms with Crippen molar-refractivity contribution in [2.45, 2.75) is 38.8 Å². The van der Waals surface area contributed by atoms with Crippen molar-refractivity contribution < 1.29 is 29.0 Å². The molecule has 0 spiro atoms. The van der Waals surface area contributed by atoms with Crippen LogP contribution < -0.4 is 4.74 Å². The molecule has 15 heteroatoms. The Bertz CT molecular complexity index is 1840. The average Bonchev–Trinajstić information content (AvgIpc) is 3.74. The standard InChI is InChI=1S/C31H31N9O6/c1-2-44-31-32-25-11-7-10-24(30(43)45-19-46-38-37-40-17-6-5-12-26(40)29(41)42)27(25)39(31)18-20-13-15-21(16-14-20)22-8-3-4-9-23(22)28-33-35-36-34-28/h3-4,7-11,13-16,26H,2,5-6,12,17-19H2,1H3,(H,41,42)(H,33,34,35,36)/b38-37+. The number of carboxylic acids is 1. The molecule has 1 unspecified atom stereocenters. The number of aromatic amines is 1. The monoisotopic (exact) mass is 625 g/mol. The Balaban J connectivity index is 1.19. The molecule has 2 aromatic heterocycles. The van der Waals surface area contributed by atoms with E-state index >= 15 is 0 Å². The molecule has 1 atom stereocenters. The van der Waals surface area contributed by atoms with Crippen LogP contribution in [0.15, 0.2) is 77.2 Å². The molecule has 0 amide bonds. The summed E-state index contributed by atoms with van der Waals surface area (Å²) in [6.45, 7) is 2.56. The number of hydrogen-bond acceptors (Lipinski definition) is 11. The van der Waals surface area contributed by atoms with Crippen molar-refractivity contribution in [3.63, 3.8) is 0 Å². The number of nitrogens with zero attached hydrogens (tertiary/aromatic N) is 8. The van der Waals surface area contributed by atoms with E-state index in [0.717, 1.165) is 35.1 Å². The fraction of sp³-hybridized carbons (Fsp3) is 0.290. The van der Waals surface area contributed by atoms with Crippen molar-refractivity contribution in [3.8, 4) is 28.5 Å². The number of aromatic nitrogens is 6. The molecule has 5 aromatic rings. The molecule has 1 aliphatic rings. The number of ether oxygens (including phenoxy) is 2. The number of piperidine rings is 1. The van der Waals surface area contributed by atoms with E-state index in [0.29, 0.717) is 49.0 Å². The first-order valence-electron chi connectivity index (χ1n) is 14.8. The molecule has 0 bridgehead atoms. The van der Waals surface area contributed by atoms with Crippen LogP contribution in [0.3, 0.4) is 0 Å². The number of nitrogens with one attached hydrogen (secondary N) is 1. The highest BCUT2D eigenvalue weighted by Gasteiger charge is 2.28. The smallest absolute Gasteiger partial charge is 0.343 e. The lowest BCUT2D eigenvalue weighted by atomic mass is 9.98. The van der Waals surface area contributed by atoms with Gasteiger partial charge in [0.15, 0.2) is 5.82 Å². The SMILES string of the molecule is CCOc1nc2cccc(C(=O)OCO/N=N/N3CCCCC3C(=O)O)c2n1Cc1ccc(-c2ccccc2-c2nnn[nH]2)cc1. The summed E-state index contributed by atoms with van der Waals surface area (Å²) in [5.41, 5.74) is 5.16. The van der Waals surface area contributed by atoms with Crippen LogP contribution in [0.5, 0.6) is 6.01 Å². The molecule has 1 fully saturated rings. The number of carboxylic acid groups (broad SMARTS) is 1. The lowest BCUT2D eigenvalue weighted by Gasteiger charge is -2.28. The van der Waals surface area contributed by atoms with Crippen molar-refractivity contribution in [2.24, 2.45) is 10.5 Å². The van der Waals surface area contributed by atoms with Crippen LogP contribution in [0.2, 0.25) is 0 Å². The number of esters is 1. The van der Waals surface area contributed by atoms with Crippen LogP contribution in [-0.4, -0.2) is 78.2 Å². The third-order valence-electron chi connectivity index (χ3n) is 7.57. The molecule has 1 saturated heterocycles. The Morgan fingerprint density at radius 2 is 1.87 bits per heavy atom. The second kappa shape index (κ2) is 13.8. The Hall–Kier alpha value is -5.86. The minimum Gasteiger partial charge on any atom is -0.480 e. The summed E-state index contributed by atoms with van der Waals surface area (Å²) in [5, 5.41) is 32.4. The van der Waals surface area contributed by atoms with Gasteiger partial charge in [-0.1, -0.05) is 54.6 Å². The quantitative estimate of drug-likeness (QED) is 0.0645. The number of benzene rings is 3. The number of H-pyrrole nitrogens is 1. The van der Waals surface area contributed by atoms with Crippen LogP contribution >= 0.6 is 0 Å². The van der Waals surface area contributed by atoms with Crippen LogP contribution in [0.4, 0.5) is 0 Å². The second-order valence-electron chi connectivity index (χ2n) is 10.4. The molecule has 2 N–H and O–H groups in total. The van der Waals surface area contributed by atoms with Gasteiger partial charge < -0.3 is 19.4 Å². The van der Waals surface area contributed by atoms with Crippen molar-refractivity contribution in [1.29, 1.82) is 0 Å². The molecule has 1 aliphatic heterocycles. The first-order chi connectivity index (χ1) is 22.5. The Morgan fingerprint density at radius 3 is 2.63 bits per heavy atom. The minimum atomic E-state index is -0.969. The Labute approximate surface area is 262 Å². The zero-order valence-corrected chi connectivity index (χ0v) is 24.9. The molecule has 46 heavy (non-hydrogen) atoms. The predicted octanol–water partition coefficient (Wildman–Crippen LogP) is 4.68. The molecule has 0 saturated carbocycles. The normalized spacial score (nSPS) is 14.9. The number of para-hydroxylation sites is 1. The molecule has 3 heterocycles. The van der Waals surface area contributed by atoms with Gasteiger partial charge in [-0.25, -0.2) is 14.7 Å². The highest BCUT2D eigenvalue weighted by Crippen LogP contribution is 2.31. The van der Waals surface area contributed by atoms with Gasteiger partial charge in [-0.05, 0) is 70.7 Å². The Kier molecular flexibility index (Phi) is 9.08. The maximum atomic E-state index is 13.2. The maximum Gasteiger partial charge on any atom is 0.343 e. The summed E-state index contributed by atoms with van der Waals surface area (Å²) in [7, 11) is 0. The molecule has 3 aromatic carbocycles. The van der Waals surface area contributed by atoms with Gasteiger partial charge in [-0.3, -0.25) is 9.58 Å². The zero-order chi connectivity index (χ0) is 31.9. The molecule has 6 rings (SSSR count). The van der Waals surface area contributed by atoms with E-state index in [1.807, 2.05) is 60.0 Å². The van der Waals surface area contributed by atoms with E-state index in [2.05, 4.69) is 36.1 Å². The van der Waals surface area contributed by atoms with E-state index in [1.54, 1.807) is 18.2 Å². The van der Waals surface area contributed by atoms with Gasteiger partial charge in [0.1, 0.15) is 6.04 Å². The fourth-order valence-corrected chi connectivity index (χ4v) is 5.43.